The van der Waals surface area contributed by atoms with E-state index in [0.717, 1.165) is 35.9 Å². The van der Waals surface area contributed by atoms with Crippen LogP contribution in [0.15, 0.2) is 42.5 Å². The highest BCUT2D eigenvalue weighted by molar-refractivity contribution is 5.88. The number of aliphatic hydroxyl groups excluding tert-OH is 2. The summed E-state index contributed by atoms with van der Waals surface area (Å²) < 4.78 is 5.81. The van der Waals surface area contributed by atoms with Crippen molar-refractivity contribution in [2.45, 2.75) is 25.0 Å². The average Bonchev–Trinajstić information content (AvgIpc) is 2.53. The van der Waals surface area contributed by atoms with Crippen LogP contribution in [-0.2, 0) is 0 Å². The summed E-state index contributed by atoms with van der Waals surface area (Å²) in [5.74, 6) is 0.802. The Morgan fingerprint density at radius 2 is 2.00 bits per heavy atom. The Morgan fingerprint density at radius 3 is 2.86 bits per heavy atom. The van der Waals surface area contributed by atoms with Crippen molar-refractivity contribution in [2.24, 2.45) is 0 Å². The van der Waals surface area contributed by atoms with Gasteiger partial charge in [-0.3, -0.25) is 4.90 Å². The largest absolute Gasteiger partial charge is 0.490 e. The van der Waals surface area contributed by atoms with Crippen LogP contribution in [0.25, 0.3) is 10.8 Å². The topological polar surface area (TPSA) is 52.9 Å². The fourth-order valence-corrected chi connectivity index (χ4v) is 3.06. The Kier molecular flexibility index (Phi) is 4.93. The van der Waals surface area contributed by atoms with Gasteiger partial charge in [0.2, 0.25) is 0 Å². The van der Waals surface area contributed by atoms with Gasteiger partial charge in [0.25, 0.3) is 0 Å². The Morgan fingerprint density at radius 1 is 1.18 bits per heavy atom. The predicted octanol–water partition coefficient (Wildman–Crippen LogP) is 2.04. The van der Waals surface area contributed by atoms with Crippen molar-refractivity contribution in [3.05, 3.63) is 42.5 Å². The second-order valence-electron chi connectivity index (χ2n) is 6.00. The van der Waals surface area contributed by atoms with E-state index in [1.54, 1.807) is 0 Å². The minimum Gasteiger partial charge on any atom is -0.490 e. The van der Waals surface area contributed by atoms with Crippen molar-refractivity contribution in [1.82, 2.24) is 4.90 Å². The van der Waals surface area contributed by atoms with E-state index < -0.39 is 6.10 Å². The van der Waals surface area contributed by atoms with Crippen molar-refractivity contribution in [1.29, 1.82) is 0 Å². The molecule has 2 N–H and O–H groups in total. The molecular weight excluding hydrogens is 278 g/mol. The highest BCUT2D eigenvalue weighted by Crippen LogP contribution is 2.25. The van der Waals surface area contributed by atoms with Gasteiger partial charge in [-0.25, -0.2) is 0 Å². The van der Waals surface area contributed by atoms with E-state index in [-0.39, 0.29) is 12.7 Å². The number of rotatable bonds is 5. The van der Waals surface area contributed by atoms with Gasteiger partial charge in [0.15, 0.2) is 0 Å². The van der Waals surface area contributed by atoms with Gasteiger partial charge in [-0.05, 0) is 30.8 Å². The quantitative estimate of drug-likeness (QED) is 0.887. The molecule has 2 atom stereocenters. The molecule has 1 aliphatic rings. The van der Waals surface area contributed by atoms with Gasteiger partial charge in [-0.2, -0.15) is 0 Å². The van der Waals surface area contributed by atoms with Crippen LogP contribution in [0, 0.1) is 0 Å². The van der Waals surface area contributed by atoms with Gasteiger partial charge in [-0.1, -0.05) is 36.4 Å². The van der Waals surface area contributed by atoms with Crippen molar-refractivity contribution >= 4 is 10.8 Å². The molecule has 1 heterocycles. The molecule has 0 spiro atoms. The van der Waals surface area contributed by atoms with E-state index in [9.17, 15) is 10.2 Å². The second kappa shape index (κ2) is 7.09. The van der Waals surface area contributed by atoms with Crippen LogP contribution in [0.5, 0.6) is 5.75 Å². The zero-order valence-electron chi connectivity index (χ0n) is 12.7. The summed E-state index contributed by atoms with van der Waals surface area (Å²) in [6.07, 6.45) is 1.03. The van der Waals surface area contributed by atoms with Crippen LogP contribution in [0.1, 0.15) is 12.8 Å². The first-order valence-corrected chi connectivity index (χ1v) is 7.91. The standard InChI is InChI=1S/C18H23NO3/c20-15-7-4-10-19(11-15)12-16(21)13-22-18-9-3-6-14-5-1-2-8-17(14)18/h1-3,5-6,8-9,15-16,20-21H,4,7,10-13H2. The number of hydrogen-bond donors (Lipinski definition) is 2. The van der Waals surface area contributed by atoms with Crippen molar-refractivity contribution in [3.63, 3.8) is 0 Å². The van der Waals surface area contributed by atoms with Crippen LogP contribution in [0.4, 0.5) is 0 Å². The second-order valence-corrected chi connectivity index (χ2v) is 6.00. The summed E-state index contributed by atoms with van der Waals surface area (Å²) in [7, 11) is 0. The van der Waals surface area contributed by atoms with E-state index in [2.05, 4.69) is 4.90 Å². The van der Waals surface area contributed by atoms with E-state index in [1.807, 2.05) is 42.5 Å². The highest BCUT2D eigenvalue weighted by Gasteiger charge is 2.20. The molecule has 2 aromatic carbocycles. The first kappa shape index (κ1) is 15.3. The van der Waals surface area contributed by atoms with Crippen LogP contribution in [0.3, 0.4) is 0 Å². The van der Waals surface area contributed by atoms with E-state index in [4.69, 9.17) is 4.74 Å². The predicted molar refractivity (Wildman–Crippen MR) is 87.1 cm³/mol. The third-order valence-electron chi connectivity index (χ3n) is 4.13. The van der Waals surface area contributed by atoms with Gasteiger partial charge in [0, 0.05) is 18.5 Å². The molecular formula is C18H23NO3. The number of fused-ring (bicyclic) bond motifs is 1. The Labute approximate surface area is 130 Å². The van der Waals surface area contributed by atoms with E-state index in [0.29, 0.717) is 13.1 Å². The molecule has 3 rings (SSSR count). The van der Waals surface area contributed by atoms with Crippen LogP contribution in [-0.4, -0.2) is 53.6 Å². The summed E-state index contributed by atoms with van der Waals surface area (Å²) in [5, 5.41) is 22.0. The Bertz CT molecular complexity index is 611. The monoisotopic (exact) mass is 301 g/mol. The molecule has 2 unspecified atom stereocenters. The molecule has 4 heteroatoms. The van der Waals surface area contributed by atoms with Crippen LogP contribution < -0.4 is 4.74 Å². The number of benzene rings is 2. The maximum absolute atomic E-state index is 10.2. The van der Waals surface area contributed by atoms with Gasteiger partial charge in [0.1, 0.15) is 18.5 Å². The maximum atomic E-state index is 10.2. The van der Waals surface area contributed by atoms with Crippen LogP contribution in [0.2, 0.25) is 0 Å². The van der Waals surface area contributed by atoms with Gasteiger partial charge < -0.3 is 14.9 Å². The number of likely N-dealkylation sites (tertiary alicyclic amines) is 1. The summed E-state index contributed by atoms with van der Waals surface area (Å²) in [6.45, 7) is 2.39. The van der Waals surface area contributed by atoms with Crippen molar-refractivity contribution in [2.75, 3.05) is 26.2 Å². The van der Waals surface area contributed by atoms with Gasteiger partial charge >= 0.3 is 0 Å². The smallest absolute Gasteiger partial charge is 0.127 e. The molecule has 0 bridgehead atoms. The molecule has 1 fully saturated rings. The average molecular weight is 301 g/mol. The lowest BCUT2D eigenvalue weighted by Crippen LogP contribution is -2.43. The SMILES string of the molecule is OC1CCCN(CC(O)COc2cccc3ccccc23)C1. The third kappa shape index (κ3) is 3.77. The summed E-state index contributed by atoms with van der Waals surface area (Å²) in [6, 6.07) is 14.0. The molecule has 1 aliphatic heterocycles. The Hall–Kier alpha value is -1.62. The fraction of sp³-hybridized carbons (Fsp3) is 0.444. The van der Waals surface area contributed by atoms with E-state index >= 15 is 0 Å². The van der Waals surface area contributed by atoms with Crippen LogP contribution >= 0.6 is 0 Å². The lowest BCUT2D eigenvalue weighted by Gasteiger charge is -2.31. The molecule has 0 radical (unpaired) electrons. The molecule has 1 saturated heterocycles. The van der Waals surface area contributed by atoms with Gasteiger partial charge in [0.05, 0.1) is 6.10 Å². The number of piperidine rings is 1. The number of ether oxygens (including phenoxy) is 1. The van der Waals surface area contributed by atoms with Crippen molar-refractivity contribution < 1.29 is 14.9 Å². The Balaban J connectivity index is 1.57. The van der Waals surface area contributed by atoms with Crippen molar-refractivity contribution in [3.8, 4) is 5.75 Å². The fourth-order valence-electron chi connectivity index (χ4n) is 3.06. The zero-order chi connectivity index (χ0) is 15.4. The number of β-amino-alcohol motifs (C(OH)–C–C–N with tert-alkyl or cyclic N) is 2. The molecule has 118 valence electrons. The summed E-state index contributed by atoms with van der Waals surface area (Å²) in [4.78, 5) is 2.10. The lowest BCUT2D eigenvalue weighted by molar-refractivity contribution is 0.0245. The summed E-state index contributed by atoms with van der Waals surface area (Å²) in [5.41, 5.74) is 0. The minimum absolute atomic E-state index is 0.264. The molecule has 4 nitrogen and oxygen atoms in total. The zero-order valence-corrected chi connectivity index (χ0v) is 12.7. The number of nitrogens with zero attached hydrogens (tertiary/aromatic N) is 1. The lowest BCUT2D eigenvalue weighted by atomic mass is 10.1. The molecule has 22 heavy (non-hydrogen) atoms. The maximum Gasteiger partial charge on any atom is 0.127 e. The normalized spacial score (nSPS) is 20.9. The molecule has 0 saturated carbocycles. The molecule has 0 aliphatic carbocycles. The number of hydrogen-bond acceptors (Lipinski definition) is 4. The van der Waals surface area contributed by atoms with E-state index in [1.165, 1.54) is 0 Å². The minimum atomic E-state index is -0.552. The molecule has 2 aromatic rings. The first-order chi connectivity index (χ1) is 10.7. The highest BCUT2D eigenvalue weighted by atomic mass is 16.5. The van der Waals surface area contributed by atoms with Gasteiger partial charge in [-0.15, -0.1) is 0 Å². The number of aliphatic hydroxyl groups is 2. The molecule has 0 amide bonds. The molecule has 0 aromatic heterocycles. The third-order valence-corrected chi connectivity index (χ3v) is 4.13. The summed E-state index contributed by atoms with van der Waals surface area (Å²) >= 11 is 0. The first-order valence-electron chi connectivity index (χ1n) is 7.91.